The summed E-state index contributed by atoms with van der Waals surface area (Å²) in [5, 5.41) is 22.7. The average Bonchev–Trinajstić information content (AvgIpc) is 2.78. The highest BCUT2D eigenvalue weighted by molar-refractivity contribution is 7.15. The monoisotopic (exact) mass is 249 g/mol. The lowest BCUT2D eigenvalue weighted by Gasteiger charge is -2.06. The second-order valence-corrected chi connectivity index (χ2v) is 4.90. The lowest BCUT2D eigenvalue weighted by atomic mass is 10.1. The molecule has 0 amide bonds. The SMILES string of the molecule is CCc1nnc(NCc2cc(C)ccc2O)s1. The van der Waals surface area contributed by atoms with E-state index in [0.29, 0.717) is 12.3 Å². The first-order valence-electron chi connectivity index (χ1n) is 5.53. The predicted octanol–water partition coefficient (Wildman–Crippen LogP) is 2.73. The molecular formula is C12H15N3OS. The molecule has 17 heavy (non-hydrogen) atoms. The topological polar surface area (TPSA) is 58.0 Å². The Hall–Kier alpha value is -1.62. The fourth-order valence-corrected chi connectivity index (χ4v) is 2.17. The zero-order valence-corrected chi connectivity index (χ0v) is 10.7. The molecule has 2 aromatic rings. The summed E-state index contributed by atoms with van der Waals surface area (Å²) in [6.07, 6.45) is 0.898. The Labute approximate surface area is 104 Å². The summed E-state index contributed by atoms with van der Waals surface area (Å²) < 4.78 is 0. The molecule has 0 bridgehead atoms. The number of hydrogen-bond acceptors (Lipinski definition) is 5. The molecule has 1 heterocycles. The smallest absolute Gasteiger partial charge is 0.205 e. The number of aromatic nitrogens is 2. The third-order valence-electron chi connectivity index (χ3n) is 2.43. The van der Waals surface area contributed by atoms with Gasteiger partial charge in [0.15, 0.2) is 0 Å². The van der Waals surface area contributed by atoms with Crippen LogP contribution in [0.15, 0.2) is 18.2 Å². The van der Waals surface area contributed by atoms with Gasteiger partial charge in [0.1, 0.15) is 10.8 Å². The normalized spacial score (nSPS) is 10.5. The van der Waals surface area contributed by atoms with Crippen molar-refractivity contribution in [3.05, 3.63) is 34.3 Å². The summed E-state index contributed by atoms with van der Waals surface area (Å²) in [5.74, 6) is 0.309. The van der Waals surface area contributed by atoms with Gasteiger partial charge < -0.3 is 10.4 Å². The lowest BCUT2D eigenvalue weighted by Crippen LogP contribution is -1.99. The van der Waals surface area contributed by atoms with Crippen LogP contribution in [0.2, 0.25) is 0 Å². The minimum Gasteiger partial charge on any atom is -0.508 e. The summed E-state index contributed by atoms with van der Waals surface area (Å²) in [4.78, 5) is 0. The van der Waals surface area contributed by atoms with Gasteiger partial charge in [-0.05, 0) is 19.4 Å². The van der Waals surface area contributed by atoms with Crippen LogP contribution in [-0.4, -0.2) is 15.3 Å². The van der Waals surface area contributed by atoms with Gasteiger partial charge in [-0.15, -0.1) is 10.2 Å². The first-order valence-corrected chi connectivity index (χ1v) is 6.35. The van der Waals surface area contributed by atoms with E-state index in [0.717, 1.165) is 27.7 Å². The molecule has 0 fully saturated rings. The summed E-state index contributed by atoms with van der Waals surface area (Å²) in [6.45, 7) is 4.62. The van der Waals surface area contributed by atoms with Crippen molar-refractivity contribution in [3.8, 4) is 5.75 Å². The van der Waals surface area contributed by atoms with Gasteiger partial charge in [0.25, 0.3) is 0 Å². The van der Waals surface area contributed by atoms with Crippen LogP contribution in [0.5, 0.6) is 5.75 Å². The molecule has 0 spiro atoms. The van der Waals surface area contributed by atoms with Crippen LogP contribution in [-0.2, 0) is 13.0 Å². The molecule has 0 saturated heterocycles. The van der Waals surface area contributed by atoms with E-state index >= 15 is 0 Å². The van der Waals surface area contributed by atoms with E-state index in [4.69, 9.17) is 0 Å². The van der Waals surface area contributed by atoms with E-state index < -0.39 is 0 Å². The van der Waals surface area contributed by atoms with Gasteiger partial charge in [0.2, 0.25) is 5.13 Å². The highest BCUT2D eigenvalue weighted by atomic mass is 32.1. The van der Waals surface area contributed by atoms with Gasteiger partial charge in [0.05, 0.1) is 0 Å². The van der Waals surface area contributed by atoms with Crippen molar-refractivity contribution in [2.75, 3.05) is 5.32 Å². The van der Waals surface area contributed by atoms with Crippen LogP contribution in [0.3, 0.4) is 0 Å². The number of aryl methyl sites for hydroxylation is 2. The van der Waals surface area contributed by atoms with E-state index in [1.807, 2.05) is 19.1 Å². The Morgan fingerprint density at radius 2 is 2.18 bits per heavy atom. The van der Waals surface area contributed by atoms with E-state index in [1.54, 1.807) is 17.4 Å². The number of aromatic hydroxyl groups is 1. The third-order valence-corrected chi connectivity index (χ3v) is 3.46. The molecule has 5 heteroatoms. The second-order valence-electron chi connectivity index (χ2n) is 3.84. The maximum absolute atomic E-state index is 9.69. The van der Waals surface area contributed by atoms with Crippen LogP contribution in [0.4, 0.5) is 5.13 Å². The highest BCUT2D eigenvalue weighted by Gasteiger charge is 2.04. The largest absolute Gasteiger partial charge is 0.508 e. The molecule has 0 saturated carbocycles. The molecular weight excluding hydrogens is 234 g/mol. The van der Waals surface area contributed by atoms with Crippen LogP contribution in [0.25, 0.3) is 0 Å². The fourth-order valence-electron chi connectivity index (χ4n) is 1.49. The molecule has 0 atom stereocenters. The second kappa shape index (κ2) is 5.14. The highest BCUT2D eigenvalue weighted by Crippen LogP contribution is 2.21. The van der Waals surface area contributed by atoms with Gasteiger partial charge in [-0.1, -0.05) is 36.0 Å². The quantitative estimate of drug-likeness (QED) is 0.874. The van der Waals surface area contributed by atoms with E-state index in [-0.39, 0.29) is 0 Å². The Morgan fingerprint density at radius 3 is 2.88 bits per heavy atom. The van der Waals surface area contributed by atoms with E-state index in [2.05, 4.69) is 22.4 Å². The number of hydrogen-bond donors (Lipinski definition) is 2. The summed E-state index contributed by atoms with van der Waals surface area (Å²) in [5.41, 5.74) is 2.00. The lowest BCUT2D eigenvalue weighted by molar-refractivity contribution is 0.469. The van der Waals surface area contributed by atoms with Crippen molar-refractivity contribution in [2.24, 2.45) is 0 Å². The van der Waals surface area contributed by atoms with Gasteiger partial charge in [-0.3, -0.25) is 0 Å². The maximum atomic E-state index is 9.69. The number of anilines is 1. The summed E-state index contributed by atoms with van der Waals surface area (Å²) in [7, 11) is 0. The van der Waals surface area contributed by atoms with Crippen molar-refractivity contribution in [2.45, 2.75) is 26.8 Å². The molecule has 1 aromatic carbocycles. The van der Waals surface area contributed by atoms with Crippen LogP contribution in [0, 0.1) is 6.92 Å². The Bertz CT molecular complexity index is 510. The molecule has 2 rings (SSSR count). The van der Waals surface area contributed by atoms with Crippen molar-refractivity contribution < 1.29 is 5.11 Å². The molecule has 0 aliphatic carbocycles. The Kier molecular flexibility index (Phi) is 3.58. The Balaban J connectivity index is 2.04. The van der Waals surface area contributed by atoms with Crippen molar-refractivity contribution >= 4 is 16.5 Å². The van der Waals surface area contributed by atoms with Crippen molar-refractivity contribution in [1.82, 2.24) is 10.2 Å². The molecule has 4 nitrogen and oxygen atoms in total. The molecule has 90 valence electrons. The Morgan fingerprint density at radius 1 is 1.35 bits per heavy atom. The number of nitrogens with one attached hydrogen (secondary N) is 1. The number of phenols is 1. The summed E-state index contributed by atoms with van der Waals surface area (Å²) in [6, 6.07) is 5.56. The molecule has 0 radical (unpaired) electrons. The van der Waals surface area contributed by atoms with Crippen molar-refractivity contribution in [1.29, 1.82) is 0 Å². The number of phenolic OH excluding ortho intramolecular Hbond substituents is 1. The third kappa shape index (κ3) is 2.94. The standard InChI is InChI=1S/C12H15N3OS/c1-3-11-14-15-12(17-11)13-7-9-6-8(2)4-5-10(9)16/h4-6,16H,3,7H2,1-2H3,(H,13,15). The molecule has 0 aliphatic rings. The minimum atomic E-state index is 0.309. The zero-order valence-electron chi connectivity index (χ0n) is 9.90. The number of benzene rings is 1. The van der Waals surface area contributed by atoms with E-state index in [1.165, 1.54) is 0 Å². The molecule has 0 unspecified atom stereocenters. The van der Waals surface area contributed by atoms with Crippen LogP contribution in [0.1, 0.15) is 23.1 Å². The first-order chi connectivity index (χ1) is 8.19. The van der Waals surface area contributed by atoms with Crippen LogP contribution < -0.4 is 5.32 Å². The van der Waals surface area contributed by atoms with Gasteiger partial charge in [-0.2, -0.15) is 0 Å². The average molecular weight is 249 g/mol. The maximum Gasteiger partial charge on any atom is 0.205 e. The fraction of sp³-hybridized carbons (Fsp3) is 0.333. The molecule has 1 aromatic heterocycles. The molecule has 0 aliphatic heterocycles. The number of nitrogens with zero attached hydrogens (tertiary/aromatic N) is 2. The van der Waals surface area contributed by atoms with Crippen LogP contribution >= 0.6 is 11.3 Å². The zero-order chi connectivity index (χ0) is 12.3. The predicted molar refractivity (Wildman–Crippen MR) is 69.5 cm³/mol. The molecule has 2 N–H and O–H groups in total. The van der Waals surface area contributed by atoms with Gasteiger partial charge in [-0.25, -0.2) is 0 Å². The van der Waals surface area contributed by atoms with Gasteiger partial charge in [0, 0.05) is 12.1 Å². The minimum absolute atomic E-state index is 0.309. The van der Waals surface area contributed by atoms with E-state index in [9.17, 15) is 5.11 Å². The van der Waals surface area contributed by atoms with Gasteiger partial charge >= 0.3 is 0 Å². The number of rotatable bonds is 4. The first kappa shape index (κ1) is 11.9. The summed E-state index contributed by atoms with van der Waals surface area (Å²) >= 11 is 1.55. The van der Waals surface area contributed by atoms with Crippen molar-refractivity contribution in [3.63, 3.8) is 0 Å².